The molecule has 1 aromatic carbocycles. The fourth-order valence-corrected chi connectivity index (χ4v) is 2.89. The SMILES string of the molecule is CC(=O)c1ccc(C(=O)N2CCCN(c3cccnn3)CC2)c(F)c1. The number of halogens is 1. The third-order valence-corrected chi connectivity index (χ3v) is 4.27. The molecule has 2 heterocycles. The Morgan fingerprint density at radius 3 is 2.64 bits per heavy atom. The number of aromatic nitrogens is 2. The van der Waals surface area contributed by atoms with Crippen LogP contribution in [0.15, 0.2) is 36.5 Å². The zero-order chi connectivity index (χ0) is 17.8. The van der Waals surface area contributed by atoms with Crippen molar-refractivity contribution in [1.82, 2.24) is 15.1 Å². The number of carbonyl (C=O) groups is 2. The van der Waals surface area contributed by atoms with Crippen LogP contribution < -0.4 is 4.90 Å². The standard InChI is InChI=1S/C18H19FN4O2/c1-13(24)14-5-6-15(16(19)12-14)18(25)23-9-3-8-22(10-11-23)17-4-2-7-20-21-17/h2,4-7,12H,3,8-11H2,1H3. The van der Waals surface area contributed by atoms with Gasteiger partial charge in [0.05, 0.1) is 5.56 Å². The summed E-state index contributed by atoms with van der Waals surface area (Å²) in [5, 5.41) is 7.97. The van der Waals surface area contributed by atoms with Gasteiger partial charge >= 0.3 is 0 Å². The summed E-state index contributed by atoms with van der Waals surface area (Å²) >= 11 is 0. The van der Waals surface area contributed by atoms with E-state index in [1.54, 1.807) is 11.1 Å². The number of Topliss-reactive ketones (excluding diaryl/α,β-unsaturated/α-hetero) is 1. The molecule has 1 aromatic heterocycles. The molecule has 2 aromatic rings. The summed E-state index contributed by atoms with van der Waals surface area (Å²) in [5.41, 5.74) is 0.261. The summed E-state index contributed by atoms with van der Waals surface area (Å²) < 4.78 is 14.2. The van der Waals surface area contributed by atoms with Crippen molar-refractivity contribution in [3.63, 3.8) is 0 Å². The number of hydrogen-bond donors (Lipinski definition) is 0. The number of carbonyl (C=O) groups excluding carboxylic acids is 2. The highest BCUT2D eigenvalue weighted by Crippen LogP contribution is 2.17. The second-order valence-electron chi connectivity index (χ2n) is 5.97. The molecule has 1 aliphatic heterocycles. The Balaban J connectivity index is 1.72. The van der Waals surface area contributed by atoms with E-state index in [9.17, 15) is 14.0 Å². The highest BCUT2D eigenvalue weighted by atomic mass is 19.1. The van der Waals surface area contributed by atoms with Crippen molar-refractivity contribution in [1.29, 1.82) is 0 Å². The van der Waals surface area contributed by atoms with Gasteiger partial charge in [-0.2, -0.15) is 5.10 Å². The zero-order valence-electron chi connectivity index (χ0n) is 14.0. The van der Waals surface area contributed by atoms with Gasteiger partial charge in [-0.3, -0.25) is 9.59 Å². The maximum atomic E-state index is 14.2. The second kappa shape index (κ2) is 7.38. The van der Waals surface area contributed by atoms with Crippen LogP contribution in [0.3, 0.4) is 0 Å². The van der Waals surface area contributed by atoms with Gasteiger partial charge in [-0.15, -0.1) is 5.10 Å². The molecule has 130 valence electrons. The van der Waals surface area contributed by atoms with Crippen LogP contribution >= 0.6 is 0 Å². The minimum Gasteiger partial charge on any atom is -0.353 e. The molecule has 1 aliphatic rings. The maximum Gasteiger partial charge on any atom is 0.256 e. The molecule has 25 heavy (non-hydrogen) atoms. The van der Waals surface area contributed by atoms with E-state index in [1.165, 1.54) is 19.1 Å². The van der Waals surface area contributed by atoms with Crippen LogP contribution in [0.25, 0.3) is 0 Å². The van der Waals surface area contributed by atoms with Crippen LogP contribution in [-0.2, 0) is 0 Å². The quantitative estimate of drug-likeness (QED) is 0.800. The molecule has 6 nitrogen and oxygen atoms in total. The molecule has 0 spiro atoms. The topological polar surface area (TPSA) is 66.4 Å². The molecule has 0 radical (unpaired) electrons. The zero-order valence-corrected chi connectivity index (χ0v) is 14.0. The summed E-state index contributed by atoms with van der Waals surface area (Å²) in [6.07, 6.45) is 2.38. The fraction of sp³-hybridized carbons (Fsp3) is 0.333. The molecule has 0 bridgehead atoms. The average molecular weight is 342 g/mol. The van der Waals surface area contributed by atoms with Gasteiger partial charge in [0.1, 0.15) is 5.82 Å². The van der Waals surface area contributed by atoms with Gasteiger partial charge in [0, 0.05) is 37.9 Å². The summed E-state index contributed by atoms with van der Waals surface area (Å²) in [6.45, 7) is 3.75. The van der Waals surface area contributed by atoms with Gasteiger partial charge in [0.2, 0.25) is 0 Å². The van der Waals surface area contributed by atoms with Crippen LogP contribution in [0, 0.1) is 5.82 Å². The first-order valence-electron chi connectivity index (χ1n) is 8.18. The molecule has 0 N–H and O–H groups in total. The second-order valence-corrected chi connectivity index (χ2v) is 5.97. The number of hydrogen-bond acceptors (Lipinski definition) is 5. The van der Waals surface area contributed by atoms with E-state index in [0.717, 1.165) is 24.8 Å². The number of rotatable bonds is 3. The van der Waals surface area contributed by atoms with Gasteiger partial charge in [-0.1, -0.05) is 6.07 Å². The number of nitrogens with zero attached hydrogens (tertiary/aromatic N) is 4. The number of amides is 1. The van der Waals surface area contributed by atoms with E-state index in [2.05, 4.69) is 15.1 Å². The first kappa shape index (κ1) is 17.0. The third kappa shape index (κ3) is 3.81. The third-order valence-electron chi connectivity index (χ3n) is 4.27. The van der Waals surface area contributed by atoms with Crippen molar-refractivity contribution in [2.45, 2.75) is 13.3 Å². The Morgan fingerprint density at radius 2 is 1.96 bits per heavy atom. The Kier molecular flexibility index (Phi) is 5.02. The van der Waals surface area contributed by atoms with Crippen molar-refractivity contribution in [2.75, 3.05) is 31.1 Å². The molecular formula is C18H19FN4O2. The van der Waals surface area contributed by atoms with Gasteiger partial charge in [0.25, 0.3) is 5.91 Å². The molecule has 0 atom stereocenters. The molecule has 0 saturated carbocycles. The normalized spacial score (nSPS) is 15.0. The van der Waals surface area contributed by atoms with Gasteiger partial charge < -0.3 is 9.80 Å². The molecule has 1 fully saturated rings. The first-order chi connectivity index (χ1) is 12.1. The largest absolute Gasteiger partial charge is 0.353 e. The molecule has 1 saturated heterocycles. The Hall–Kier alpha value is -2.83. The summed E-state index contributed by atoms with van der Waals surface area (Å²) in [5.74, 6) is -0.470. The molecule has 1 amide bonds. The molecule has 0 aliphatic carbocycles. The van der Waals surface area contributed by atoms with Gasteiger partial charge in [0.15, 0.2) is 11.6 Å². The van der Waals surface area contributed by atoms with Crippen LogP contribution in [-0.4, -0.2) is 53.0 Å². The predicted octanol–water partition coefficient (Wildman–Crippen LogP) is 2.17. The van der Waals surface area contributed by atoms with E-state index in [-0.39, 0.29) is 22.8 Å². The minimum absolute atomic E-state index is 0.00190. The molecule has 3 rings (SSSR count). The lowest BCUT2D eigenvalue weighted by Crippen LogP contribution is -2.35. The first-order valence-corrected chi connectivity index (χ1v) is 8.18. The summed E-state index contributed by atoms with van der Waals surface area (Å²) in [7, 11) is 0. The summed E-state index contributed by atoms with van der Waals surface area (Å²) in [6, 6.07) is 7.70. The van der Waals surface area contributed by atoms with Crippen LogP contribution in [0.2, 0.25) is 0 Å². The van der Waals surface area contributed by atoms with Crippen LogP contribution in [0.4, 0.5) is 10.2 Å². The Morgan fingerprint density at radius 1 is 1.12 bits per heavy atom. The number of benzene rings is 1. The van der Waals surface area contributed by atoms with Crippen LogP contribution in [0.5, 0.6) is 0 Å². The maximum absolute atomic E-state index is 14.2. The smallest absolute Gasteiger partial charge is 0.256 e. The van der Waals surface area contributed by atoms with E-state index >= 15 is 0 Å². The minimum atomic E-state index is -0.660. The van der Waals surface area contributed by atoms with E-state index in [1.807, 2.05) is 12.1 Å². The monoisotopic (exact) mass is 342 g/mol. The fourth-order valence-electron chi connectivity index (χ4n) is 2.89. The number of ketones is 1. The molecule has 0 unspecified atom stereocenters. The predicted molar refractivity (Wildman–Crippen MR) is 91.2 cm³/mol. The lowest BCUT2D eigenvalue weighted by atomic mass is 10.1. The van der Waals surface area contributed by atoms with E-state index < -0.39 is 5.82 Å². The lowest BCUT2D eigenvalue weighted by molar-refractivity contribution is 0.0761. The number of anilines is 1. The Labute approximate surface area is 145 Å². The van der Waals surface area contributed by atoms with E-state index in [4.69, 9.17) is 0 Å². The van der Waals surface area contributed by atoms with Gasteiger partial charge in [-0.05, 0) is 37.6 Å². The average Bonchev–Trinajstić information content (AvgIpc) is 2.88. The van der Waals surface area contributed by atoms with Crippen LogP contribution in [0.1, 0.15) is 34.1 Å². The van der Waals surface area contributed by atoms with Gasteiger partial charge in [-0.25, -0.2) is 4.39 Å². The highest BCUT2D eigenvalue weighted by molar-refractivity contribution is 5.98. The van der Waals surface area contributed by atoms with E-state index in [0.29, 0.717) is 19.6 Å². The molecule has 7 heteroatoms. The van der Waals surface area contributed by atoms with Crippen molar-refractivity contribution in [3.05, 3.63) is 53.5 Å². The Bertz CT molecular complexity index is 782. The molecular weight excluding hydrogens is 323 g/mol. The van der Waals surface area contributed by atoms with Crippen molar-refractivity contribution in [2.24, 2.45) is 0 Å². The van der Waals surface area contributed by atoms with Crippen molar-refractivity contribution in [3.8, 4) is 0 Å². The summed E-state index contributed by atoms with van der Waals surface area (Å²) in [4.78, 5) is 27.7. The lowest BCUT2D eigenvalue weighted by Gasteiger charge is -2.22. The highest BCUT2D eigenvalue weighted by Gasteiger charge is 2.23. The van der Waals surface area contributed by atoms with Crippen molar-refractivity contribution >= 4 is 17.5 Å². The van der Waals surface area contributed by atoms with Crippen molar-refractivity contribution < 1.29 is 14.0 Å².